The molecular formula is C26H26ClN3O5. The lowest BCUT2D eigenvalue weighted by Gasteiger charge is -2.21. The minimum atomic E-state index is -0.696. The maximum atomic E-state index is 13.4. The van der Waals surface area contributed by atoms with E-state index in [1.165, 1.54) is 0 Å². The van der Waals surface area contributed by atoms with Gasteiger partial charge in [-0.3, -0.25) is 14.6 Å². The molecular weight excluding hydrogens is 470 g/mol. The normalized spacial score (nSPS) is 11.9. The van der Waals surface area contributed by atoms with Gasteiger partial charge in [0.05, 0.1) is 12.6 Å². The molecule has 4 rings (SSSR count). The monoisotopic (exact) mass is 495 g/mol. The Bertz CT molecular complexity index is 1390. The maximum Gasteiger partial charge on any atom is 0.342 e. The summed E-state index contributed by atoms with van der Waals surface area (Å²) < 4.78 is 12.5. The topological polar surface area (TPSA) is 96.9 Å². The van der Waals surface area contributed by atoms with Crippen LogP contribution in [0.1, 0.15) is 46.1 Å². The SMILES string of the molecule is COc1ccc2c(c1)c(CNC(=O)N(O)C(C)c1ccc(C)o1)c(C)n2C(=O)c1ccc(Cl)cc1. The zero-order chi connectivity index (χ0) is 25.3. The zero-order valence-electron chi connectivity index (χ0n) is 19.8. The summed E-state index contributed by atoms with van der Waals surface area (Å²) in [7, 11) is 1.56. The van der Waals surface area contributed by atoms with Gasteiger partial charge < -0.3 is 14.5 Å². The number of benzene rings is 2. The van der Waals surface area contributed by atoms with Crippen LogP contribution in [-0.4, -0.2) is 33.9 Å². The quantitative estimate of drug-likeness (QED) is 0.258. The number of hydrogen-bond acceptors (Lipinski definition) is 5. The molecule has 0 saturated heterocycles. The Morgan fingerprint density at radius 1 is 1.14 bits per heavy atom. The molecule has 0 aliphatic heterocycles. The number of aromatic nitrogens is 1. The van der Waals surface area contributed by atoms with Crippen LogP contribution in [0, 0.1) is 13.8 Å². The van der Waals surface area contributed by atoms with Gasteiger partial charge in [-0.1, -0.05) is 11.6 Å². The minimum absolute atomic E-state index is 0.0796. The molecule has 0 bridgehead atoms. The van der Waals surface area contributed by atoms with Crippen molar-refractivity contribution in [2.75, 3.05) is 7.11 Å². The van der Waals surface area contributed by atoms with Crippen molar-refractivity contribution < 1.29 is 24.0 Å². The van der Waals surface area contributed by atoms with E-state index in [0.29, 0.717) is 44.1 Å². The molecule has 0 fully saturated rings. The van der Waals surface area contributed by atoms with Gasteiger partial charge in [-0.15, -0.1) is 0 Å². The van der Waals surface area contributed by atoms with Crippen molar-refractivity contribution in [3.05, 3.63) is 88.0 Å². The molecule has 2 heterocycles. The molecule has 0 aliphatic rings. The molecule has 182 valence electrons. The third-order valence-corrected chi connectivity index (χ3v) is 6.25. The van der Waals surface area contributed by atoms with Crippen LogP contribution in [0.25, 0.3) is 10.9 Å². The summed E-state index contributed by atoms with van der Waals surface area (Å²) in [6, 6.07) is 14.2. The van der Waals surface area contributed by atoms with Crippen LogP contribution in [0.4, 0.5) is 4.79 Å². The molecule has 9 heteroatoms. The van der Waals surface area contributed by atoms with E-state index >= 15 is 0 Å². The smallest absolute Gasteiger partial charge is 0.342 e. The molecule has 0 saturated carbocycles. The van der Waals surface area contributed by atoms with Gasteiger partial charge in [0.1, 0.15) is 23.3 Å². The summed E-state index contributed by atoms with van der Waals surface area (Å²) in [4.78, 5) is 26.1. The largest absolute Gasteiger partial charge is 0.497 e. The summed E-state index contributed by atoms with van der Waals surface area (Å²) >= 11 is 5.98. The Balaban J connectivity index is 1.65. The summed E-state index contributed by atoms with van der Waals surface area (Å²) in [6.45, 7) is 5.34. The van der Waals surface area contributed by atoms with Gasteiger partial charge in [0.15, 0.2) is 0 Å². The number of halogens is 1. The average molecular weight is 496 g/mol. The van der Waals surface area contributed by atoms with E-state index in [-0.39, 0.29) is 12.5 Å². The lowest BCUT2D eigenvalue weighted by Crippen LogP contribution is -2.38. The predicted molar refractivity (Wildman–Crippen MR) is 132 cm³/mol. The van der Waals surface area contributed by atoms with Gasteiger partial charge in [-0.25, -0.2) is 4.79 Å². The molecule has 4 aromatic rings. The number of furan rings is 1. The number of fused-ring (bicyclic) bond motifs is 1. The first kappa shape index (κ1) is 24.4. The molecule has 0 aliphatic carbocycles. The van der Waals surface area contributed by atoms with Crippen molar-refractivity contribution in [2.45, 2.75) is 33.4 Å². The summed E-state index contributed by atoms with van der Waals surface area (Å²) in [6.07, 6.45) is 0. The van der Waals surface area contributed by atoms with E-state index in [2.05, 4.69) is 5.32 Å². The lowest BCUT2D eigenvalue weighted by molar-refractivity contribution is -0.0797. The Morgan fingerprint density at radius 3 is 2.49 bits per heavy atom. The molecule has 0 spiro atoms. The second kappa shape index (κ2) is 9.85. The summed E-state index contributed by atoms with van der Waals surface area (Å²) in [5.41, 5.74) is 2.54. The lowest BCUT2D eigenvalue weighted by atomic mass is 10.1. The van der Waals surface area contributed by atoms with Crippen LogP contribution in [0.5, 0.6) is 5.75 Å². The van der Waals surface area contributed by atoms with Crippen molar-refractivity contribution in [2.24, 2.45) is 0 Å². The standard InChI is InChI=1S/C26H26ClN3O5/c1-15-5-12-24(35-15)17(3)30(33)26(32)28-14-22-16(2)29(23-11-10-20(34-4)13-21(22)23)25(31)18-6-8-19(27)9-7-18/h5-13,17,33H,14H2,1-4H3,(H,28,32). The number of nitrogens with zero attached hydrogens (tertiary/aromatic N) is 2. The second-order valence-corrected chi connectivity index (χ2v) is 8.66. The number of nitrogens with one attached hydrogen (secondary N) is 1. The highest BCUT2D eigenvalue weighted by atomic mass is 35.5. The van der Waals surface area contributed by atoms with Crippen LogP contribution >= 0.6 is 11.6 Å². The molecule has 1 unspecified atom stereocenters. The van der Waals surface area contributed by atoms with Gasteiger partial charge in [-0.05, 0) is 75.4 Å². The number of carbonyl (C=O) groups excluding carboxylic acids is 2. The third-order valence-electron chi connectivity index (χ3n) is 6.00. The number of hydroxylamine groups is 2. The fourth-order valence-corrected chi connectivity index (χ4v) is 4.14. The first-order valence-electron chi connectivity index (χ1n) is 11.0. The van der Waals surface area contributed by atoms with Crippen molar-refractivity contribution in [1.29, 1.82) is 0 Å². The number of amides is 2. The molecule has 0 radical (unpaired) electrons. The average Bonchev–Trinajstić information content (AvgIpc) is 3.41. The second-order valence-electron chi connectivity index (χ2n) is 8.22. The first-order valence-corrected chi connectivity index (χ1v) is 11.4. The number of methoxy groups -OCH3 is 1. The summed E-state index contributed by atoms with van der Waals surface area (Å²) in [5, 5.41) is 15.0. The maximum absolute atomic E-state index is 13.4. The summed E-state index contributed by atoms with van der Waals surface area (Å²) in [5.74, 6) is 1.54. The Morgan fingerprint density at radius 2 is 1.86 bits per heavy atom. The molecule has 2 amide bonds. The number of hydrogen-bond donors (Lipinski definition) is 2. The van der Waals surface area contributed by atoms with E-state index < -0.39 is 12.1 Å². The highest BCUT2D eigenvalue weighted by molar-refractivity contribution is 6.30. The van der Waals surface area contributed by atoms with E-state index in [9.17, 15) is 14.8 Å². The highest BCUT2D eigenvalue weighted by Crippen LogP contribution is 2.30. The molecule has 2 N–H and O–H groups in total. The Hall–Kier alpha value is -3.75. The van der Waals surface area contributed by atoms with E-state index in [4.69, 9.17) is 20.8 Å². The number of carbonyl (C=O) groups is 2. The number of urea groups is 1. The third kappa shape index (κ3) is 4.76. The van der Waals surface area contributed by atoms with Gasteiger partial charge in [-0.2, -0.15) is 5.06 Å². The fourth-order valence-electron chi connectivity index (χ4n) is 4.02. The van der Waals surface area contributed by atoms with Crippen molar-refractivity contribution in [3.8, 4) is 5.75 Å². The van der Waals surface area contributed by atoms with E-state index in [1.807, 2.05) is 13.0 Å². The van der Waals surface area contributed by atoms with Crippen LogP contribution in [0.3, 0.4) is 0 Å². The Labute approximate surface area is 207 Å². The van der Waals surface area contributed by atoms with Gasteiger partial charge in [0.25, 0.3) is 5.91 Å². The van der Waals surface area contributed by atoms with Gasteiger partial charge in [0.2, 0.25) is 0 Å². The highest BCUT2D eigenvalue weighted by Gasteiger charge is 2.24. The van der Waals surface area contributed by atoms with Gasteiger partial charge in [0, 0.05) is 33.8 Å². The van der Waals surface area contributed by atoms with E-state index in [0.717, 1.165) is 10.9 Å². The molecule has 35 heavy (non-hydrogen) atoms. The first-order chi connectivity index (χ1) is 16.7. The fraction of sp³-hybridized carbons (Fsp3) is 0.231. The predicted octanol–water partition coefficient (Wildman–Crippen LogP) is 5.86. The minimum Gasteiger partial charge on any atom is -0.497 e. The van der Waals surface area contributed by atoms with Crippen LogP contribution < -0.4 is 10.1 Å². The van der Waals surface area contributed by atoms with Crippen LogP contribution in [-0.2, 0) is 6.54 Å². The van der Waals surface area contributed by atoms with Crippen molar-refractivity contribution in [1.82, 2.24) is 14.9 Å². The zero-order valence-corrected chi connectivity index (χ0v) is 20.6. The Kier molecular flexibility index (Phi) is 6.86. The molecule has 2 aromatic carbocycles. The molecule has 2 aromatic heterocycles. The molecule has 8 nitrogen and oxygen atoms in total. The van der Waals surface area contributed by atoms with Crippen molar-refractivity contribution >= 4 is 34.4 Å². The van der Waals surface area contributed by atoms with Crippen LogP contribution in [0.2, 0.25) is 5.02 Å². The number of ether oxygens (including phenoxy) is 1. The van der Waals surface area contributed by atoms with Gasteiger partial charge >= 0.3 is 6.03 Å². The number of rotatable bonds is 6. The number of aryl methyl sites for hydroxylation is 1. The van der Waals surface area contributed by atoms with E-state index in [1.54, 1.807) is 74.1 Å². The van der Waals surface area contributed by atoms with Crippen molar-refractivity contribution in [3.63, 3.8) is 0 Å². The molecule has 1 atom stereocenters. The van der Waals surface area contributed by atoms with Crippen LogP contribution in [0.15, 0.2) is 59.0 Å².